The highest BCUT2D eigenvalue weighted by Gasteiger charge is 2.19. The second-order valence-corrected chi connectivity index (χ2v) is 7.82. The number of hydrogen-bond donors (Lipinski definition) is 1. The summed E-state index contributed by atoms with van der Waals surface area (Å²) < 4.78 is 29.7. The molecule has 0 atom stereocenters. The summed E-state index contributed by atoms with van der Waals surface area (Å²) in [4.78, 5) is 12.7. The van der Waals surface area contributed by atoms with Crippen LogP contribution in [0.15, 0.2) is 42.5 Å². The predicted molar refractivity (Wildman–Crippen MR) is 106 cm³/mol. The average molecular weight is 397 g/mol. The fraction of sp³-hybridized carbons (Fsp3) is 0.143. The van der Waals surface area contributed by atoms with Crippen LogP contribution in [-0.2, 0) is 6.42 Å². The normalized spacial score (nSPS) is 11.3. The van der Waals surface area contributed by atoms with Gasteiger partial charge in [-0.05, 0) is 49.1 Å². The smallest absolute Gasteiger partial charge is 0.252 e. The monoisotopic (exact) mass is 397 g/mol. The molecule has 2 aromatic heterocycles. The minimum absolute atomic E-state index is 0.420. The van der Waals surface area contributed by atoms with Crippen LogP contribution < -0.4 is 5.73 Å². The molecule has 0 unspecified atom stereocenters. The van der Waals surface area contributed by atoms with Crippen molar-refractivity contribution in [2.24, 2.45) is 5.73 Å². The molecule has 2 N–H and O–H groups in total. The fourth-order valence-corrected chi connectivity index (χ4v) is 4.69. The highest BCUT2D eigenvalue weighted by molar-refractivity contribution is 7.19. The molecule has 142 valence electrons. The molecule has 4 nitrogen and oxygen atoms in total. The van der Waals surface area contributed by atoms with Crippen molar-refractivity contribution in [3.8, 4) is 5.69 Å². The van der Waals surface area contributed by atoms with E-state index in [1.807, 2.05) is 31.2 Å². The van der Waals surface area contributed by atoms with Gasteiger partial charge in [0.1, 0.15) is 11.6 Å². The van der Waals surface area contributed by atoms with E-state index in [4.69, 9.17) is 5.73 Å². The SMILES string of the molecule is Cc1nn(-c2cccc3cc(Cc4cc(F)cc(F)c4)sc23)c(C)c1C(N)=O. The number of benzene rings is 2. The van der Waals surface area contributed by atoms with Crippen molar-refractivity contribution in [2.75, 3.05) is 0 Å². The maximum absolute atomic E-state index is 13.5. The van der Waals surface area contributed by atoms with E-state index < -0.39 is 17.5 Å². The Kier molecular flexibility index (Phi) is 4.47. The third-order valence-electron chi connectivity index (χ3n) is 4.64. The Balaban J connectivity index is 1.80. The number of aryl methyl sites for hydroxylation is 1. The Morgan fingerprint density at radius 3 is 2.50 bits per heavy atom. The van der Waals surface area contributed by atoms with Gasteiger partial charge in [-0.1, -0.05) is 12.1 Å². The summed E-state index contributed by atoms with van der Waals surface area (Å²) in [6, 6.07) is 11.4. The summed E-state index contributed by atoms with van der Waals surface area (Å²) >= 11 is 1.54. The molecule has 4 aromatic rings. The molecule has 4 rings (SSSR count). The Morgan fingerprint density at radius 2 is 1.86 bits per heavy atom. The van der Waals surface area contributed by atoms with E-state index in [2.05, 4.69) is 5.10 Å². The Bertz CT molecular complexity index is 1210. The van der Waals surface area contributed by atoms with Gasteiger partial charge in [0.25, 0.3) is 5.91 Å². The van der Waals surface area contributed by atoms with Crippen LogP contribution in [0.25, 0.3) is 15.8 Å². The molecule has 2 aromatic carbocycles. The number of halogens is 2. The molecule has 0 bridgehead atoms. The minimum atomic E-state index is -0.585. The number of fused-ring (bicyclic) bond motifs is 1. The Labute approximate surface area is 164 Å². The summed E-state index contributed by atoms with van der Waals surface area (Å²) in [7, 11) is 0. The standard InChI is InChI=1S/C21H17F2N3OS/c1-11-19(21(24)27)12(2)26(25-11)18-5-3-4-14-9-17(28-20(14)18)8-13-6-15(22)10-16(23)7-13/h3-7,9-10H,8H2,1-2H3,(H2,24,27). The lowest BCUT2D eigenvalue weighted by Gasteiger charge is -2.06. The average Bonchev–Trinajstić information content (AvgIpc) is 3.13. The third-order valence-corrected chi connectivity index (χ3v) is 5.81. The van der Waals surface area contributed by atoms with Gasteiger partial charge >= 0.3 is 0 Å². The molecule has 0 saturated heterocycles. The number of thiophene rings is 1. The van der Waals surface area contributed by atoms with Gasteiger partial charge in [-0.15, -0.1) is 11.3 Å². The maximum atomic E-state index is 13.5. The first-order valence-electron chi connectivity index (χ1n) is 8.66. The molecule has 1 amide bonds. The second kappa shape index (κ2) is 6.83. The van der Waals surface area contributed by atoms with Gasteiger partial charge in [0.15, 0.2) is 0 Å². The van der Waals surface area contributed by atoms with Crippen molar-refractivity contribution < 1.29 is 13.6 Å². The molecule has 0 aliphatic rings. The van der Waals surface area contributed by atoms with Crippen molar-refractivity contribution in [1.29, 1.82) is 0 Å². The molecule has 0 aliphatic carbocycles. The van der Waals surface area contributed by atoms with Crippen LogP contribution in [0.2, 0.25) is 0 Å². The third kappa shape index (κ3) is 3.18. The lowest BCUT2D eigenvalue weighted by Crippen LogP contribution is -2.13. The Morgan fingerprint density at radius 1 is 1.14 bits per heavy atom. The lowest BCUT2D eigenvalue weighted by molar-refractivity contribution is 0.0999. The molecular formula is C21H17F2N3OS. The van der Waals surface area contributed by atoms with Crippen molar-refractivity contribution in [3.05, 3.63) is 81.5 Å². The van der Waals surface area contributed by atoms with Crippen LogP contribution in [0.1, 0.15) is 32.2 Å². The van der Waals surface area contributed by atoms with Gasteiger partial charge in [-0.2, -0.15) is 5.10 Å². The lowest BCUT2D eigenvalue weighted by atomic mass is 10.1. The topological polar surface area (TPSA) is 60.9 Å². The first kappa shape index (κ1) is 18.3. The number of hydrogen-bond acceptors (Lipinski definition) is 3. The number of primary amides is 1. The van der Waals surface area contributed by atoms with Gasteiger partial charge in [-0.25, -0.2) is 13.5 Å². The molecule has 28 heavy (non-hydrogen) atoms. The van der Waals surface area contributed by atoms with Gasteiger partial charge in [-0.3, -0.25) is 4.79 Å². The number of carbonyl (C=O) groups is 1. The summed E-state index contributed by atoms with van der Waals surface area (Å²) in [5.41, 5.74) is 8.58. The fourth-order valence-electron chi connectivity index (χ4n) is 3.50. The van der Waals surface area contributed by atoms with Crippen molar-refractivity contribution in [2.45, 2.75) is 20.3 Å². The predicted octanol–water partition coefficient (Wildman–Crippen LogP) is 4.67. The number of carbonyl (C=O) groups excluding carboxylic acids is 1. The van der Waals surface area contributed by atoms with E-state index >= 15 is 0 Å². The number of rotatable bonds is 4. The first-order chi connectivity index (χ1) is 13.3. The zero-order valence-electron chi connectivity index (χ0n) is 15.3. The van der Waals surface area contributed by atoms with Crippen LogP contribution in [0, 0.1) is 25.5 Å². The molecule has 7 heteroatoms. The van der Waals surface area contributed by atoms with Crippen LogP contribution in [0.4, 0.5) is 8.78 Å². The van der Waals surface area contributed by atoms with Gasteiger partial charge in [0.2, 0.25) is 0 Å². The van der Waals surface area contributed by atoms with E-state index in [9.17, 15) is 13.6 Å². The van der Waals surface area contributed by atoms with E-state index in [-0.39, 0.29) is 0 Å². The number of nitrogens with zero attached hydrogens (tertiary/aromatic N) is 2. The molecule has 0 aliphatic heterocycles. The molecule has 0 saturated carbocycles. The minimum Gasteiger partial charge on any atom is -0.365 e. The molecule has 0 radical (unpaired) electrons. The number of amides is 1. The van der Waals surface area contributed by atoms with Crippen LogP contribution in [-0.4, -0.2) is 15.7 Å². The maximum Gasteiger partial charge on any atom is 0.252 e. The van der Waals surface area contributed by atoms with E-state index in [1.165, 1.54) is 23.5 Å². The molecular weight excluding hydrogens is 380 g/mol. The van der Waals surface area contributed by atoms with Crippen LogP contribution >= 0.6 is 11.3 Å². The van der Waals surface area contributed by atoms with E-state index in [1.54, 1.807) is 11.6 Å². The molecule has 0 fully saturated rings. The van der Waals surface area contributed by atoms with Crippen molar-refractivity contribution in [3.63, 3.8) is 0 Å². The van der Waals surface area contributed by atoms with Gasteiger partial charge < -0.3 is 5.73 Å². The number of aromatic nitrogens is 2. The van der Waals surface area contributed by atoms with Gasteiger partial charge in [0, 0.05) is 17.4 Å². The first-order valence-corrected chi connectivity index (χ1v) is 9.48. The van der Waals surface area contributed by atoms with Gasteiger partial charge in [0.05, 0.1) is 27.3 Å². The molecule has 2 heterocycles. The van der Waals surface area contributed by atoms with E-state index in [0.717, 1.165) is 26.7 Å². The Hall–Kier alpha value is -3.06. The van der Waals surface area contributed by atoms with Crippen molar-refractivity contribution >= 4 is 27.3 Å². The number of nitrogens with two attached hydrogens (primary N) is 1. The van der Waals surface area contributed by atoms with Crippen molar-refractivity contribution in [1.82, 2.24) is 9.78 Å². The van der Waals surface area contributed by atoms with E-state index in [0.29, 0.717) is 28.9 Å². The summed E-state index contributed by atoms with van der Waals surface area (Å²) in [6.45, 7) is 3.56. The highest BCUT2D eigenvalue weighted by atomic mass is 32.1. The molecule has 0 spiro atoms. The zero-order chi connectivity index (χ0) is 20.0. The summed E-state index contributed by atoms with van der Waals surface area (Å²) in [5.74, 6) is -1.68. The summed E-state index contributed by atoms with van der Waals surface area (Å²) in [6.07, 6.45) is 0.428. The summed E-state index contributed by atoms with van der Waals surface area (Å²) in [5, 5.41) is 5.49. The zero-order valence-corrected chi connectivity index (χ0v) is 16.1. The highest BCUT2D eigenvalue weighted by Crippen LogP contribution is 2.33. The quantitative estimate of drug-likeness (QED) is 0.544. The van der Waals surface area contributed by atoms with Crippen LogP contribution in [0.5, 0.6) is 0 Å². The second-order valence-electron chi connectivity index (χ2n) is 6.68. The van der Waals surface area contributed by atoms with Crippen LogP contribution in [0.3, 0.4) is 0 Å². The largest absolute Gasteiger partial charge is 0.365 e.